The summed E-state index contributed by atoms with van der Waals surface area (Å²) in [6.45, 7) is 11.4. The van der Waals surface area contributed by atoms with Crippen molar-refractivity contribution in [2.75, 3.05) is 0 Å². The molecule has 1 unspecified atom stereocenters. The van der Waals surface area contributed by atoms with Crippen LogP contribution >= 0.6 is 0 Å². The molecule has 3 heteroatoms. The second-order valence-corrected chi connectivity index (χ2v) is 7.42. The largest absolute Gasteiger partial charge is 0.458 e. The Hall–Kier alpha value is -2.68. The van der Waals surface area contributed by atoms with Crippen molar-refractivity contribution in [2.45, 2.75) is 45.8 Å². The van der Waals surface area contributed by atoms with Crippen LogP contribution < -0.4 is 0 Å². The van der Waals surface area contributed by atoms with Crippen molar-refractivity contribution in [1.29, 1.82) is 0 Å². The van der Waals surface area contributed by atoms with Crippen molar-refractivity contribution in [3.8, 4) is 0 Å². The molecule has 26 heavy (non-hydrogen) atoms. The number of ether oxygens (including phenoxy) is 1. The minimum atomic E-state index is -0.623. The van der Waals surface area contributed by atoms with Crippen molar-refractivity contribution in [3.05, 3.63) is 83.9 Å². The summed E-state index contributed by atoms with van der Waals surface area (Å²) in [5.74, 6) is -0.329. The van der Waals surface area contributed by atoms with Crippen LogP contribution in [0.1, 0.15) is 45.2 Å². The molecule has 0 radical (unpaired) electrons. The molecular formula is C23H27NO2. The first-order valence-corrected chi connectivity index (χ1v) is 8.82. The summed E-state index contributed by atoms with van der Waals surface area (Å²) in [4.78, 5) is 17.5. The number of carbonyl (C=O) groups excluding carboxylic acids is 1. The number of esters is 1. The Labute approximate surface area is 156 Å². The van der Waals surface area contributed by atoms with E-state index < -0.39 is 11.6 Å². The molecular weight excluding hydrogens is 322 g/mol. The molecule has 0 aliphatic heterocycles. The van der Waals surface area contributed by atoms with Gasteiger partial charge in [-0.15, -0.1) is 6.58 Å². The number of nitrogens with zero attached hydrogens (tertiary/aromatic N) is 1. The van der Waals surface area contributed by atoms with Crippen LogP contribution in [0.5, 0.6) is 0 Å². The quantitative estimate of drug-likeness (QED) is 0.408. The zero-order valence-corrected chi connectivity index (χ0v) is 16.0. The third-order valence-corrected chi connectivity index (χ3v) is 3.60. The molecule has 2 aromatic carbocycles. The fraction of sp³-hybridized carbons (Fsp3) is 0.304. The molecule has 1 atom stereocenters. The van der Waals surface area contributed by atoms with E-state index in [1.807, 2.05) is 88.4 Å². The summed E-state index contributed by atoms with van der Waals surface area (Å²) < 4.78 is 5.59. The van der Waals surface area contributed by atoms with Crippen molar-refractivity contribution in [2.24, 2.45) is 4.99 Å². The summed E-state index contributed by atoms with van der Waals surface area (Å²) >= 11 is 0. The number of aliphatic imine (C=N–C) groups is 1. The smallest absolute Gasteiger partial charge is 0.331 e. The zero-order chi connectivity index (χ0) is 19.2. The Balaban J connectivity index is 2.49. The number of benzene rings is 2. The number of hydrogen-bond acceptors (Lipinski definition) is 3. The van der Waals surface area contributed by atoms with Crippen molar-refractivity contribution in [3.63, 3.8) is 0 Å². The van der Waals surface area contributed by atoms with E-state index in [0.29, 0.717) is 6.42 Å². The van der Waals surface area contributed by atoms with E-state index in [2.05, 4.69) is 6.58 Å². The van der Waals surface area contributed by atoms with Crippen molar-refractivity contribution in [1.82, 2.24) is 0 Å². The highest BCUT2D eigenvalue weighted by atomic mass is 16.6. The molecule has 2 aromatic rings. The molecule has 0 heterocycles. The molecule has 0 spiro atoms. The Kier molecular flexibility index (Phi) is 6.51. The van der Waals surface area contributed by atoms with Gasteiger partial charge in [0, 0.05) is 17.5 Å². The Bertz CT molecular complexity index is 729. The number of rotatable bonds is 6. The maximum absolute atomic E-state index is 12.7. The van der Waals surface area contributed by atoms with Crippen LogP contribution in [0.2, 0.25) is 0 Å². The molecule has 136 valence electrons. The summed E-state index contributed by atoms with van der Waals surface area (Å²) in [5, 5.41) is 0. The predicted molar refractivity (Wildman–Crippen MR) is 108 cm³/mol. The van der Waals surface area contributed by atoms with Gasteiger partial charge in [0.1, 0.15) is 5.60 Å². The Morgan fingerprint density at radius 3 is 1.85 bits per heavy atom. The van der Waals surface area contributed by atoms with Gasteiger partial charge in [0.15, 0.2) is 6.04 Å². The van der Waals surface area contributed by atoms with Crippen LogP contribution in [-0.4, -0.2) is 23.3 Å². The van der Waals surface area contributed by atoms with E-state index in [-0.39, 0.29) is 5.97 Å². The molecule has 0 fully saturated rings. The number of hydrogen-bond donors (Lipinski definition) is 0. The highest BCUT2D eigenvalue weighted by Crippen LogP contribution is 2.18. The molecule has 0 aromatic heterocycles. The highest BCUT2D eigenvalue weighted by molar-refractivity contribution is 6.13. The first-order valence-electron chi connectivity index (χ1n) is 8.82. The summed E-state index contributed by atoms with van der Waals surface area (Å²) in [6, 6.07) is 19.2. The fourth-order valence-electron chi connectivity index (χ4n) is 2.55. The lowest BCUT2D eigenvalue weighted by molar-refractivity contribution is -0.156. The topological polar surface area (TPSA) is 38.7 Å². The van der Waals surface area contributed by atoms with Gasteiger partial charge in [-0.1, -0.05) is 66.2 Å². The molecule has 0 aliphatic carbocycles. The second kappa shape index (κ2) is 8.61. The SMILES string of the molecule is C=C(C)CC(N=C(c1ccccc1)c1ccccc1)C(=O)OC(C)(C)C. The van der Waals surface area contributed by atoms with Gasteiger partial charge in [-0.05, 0) is 27.7 Å². The van der Waals surface area contributed by atoms with Gasteiger partial charge in [0.05, 0.1) is 5.71 Å². The normalized spacial score (nSPS) is 12.2. The third-order valence-electron chi connectivity index (χ3n) is 3.60. The second-order valence-electron chi connectivity index (χ2n) is 7.42. The van der Waals surface area contributed by atoms with E-state index in [1.54, 1.807) is 0 Å². The van der Waals surface area contributed by atoms with Crippen LogP contribution in [-0.2, 0) is 9.53 Å². The summed E-state index contributed by atoms with van der Waals surface area (Å²) in [7, 11) is 0. The molecule has 0 saturated carbocycles. The van der Waals surface area contributed by atoms with Crippen LogP contribution in [0.4, 0.5) is 0 Å². The van der Waals surface area contributed by atoms with E-state index in [0.717, 1.165) is 22.4 Å². The first kappa shape index (κ1) is 19.6. The lowest BCUT2D eigenvalue weighted by atomic mass is 10.0. The molecule has 0 bridgehead atoms. The average Bonchev–Trinajstić information content (AvgIpc) is 2.58. The Morgan fingerprint density at radius 1 is 1.00 bits per heavy atom. The highest BCUT2D eigenvalue weighted by Gasteiger charge is 2.25. The predicted octanol–water partition coefficient (Wildman–Crippen LogP) is 5.20. The van der Waals surface area contributed by atoms with Crippen LogP contribution in [0.3, 0.4) is 0 Å². The van der Waals surface area contributed by atoms with E-state index in [1.165, 1.54) is 0 Å². The van der Waals surface area contributed by atoms with E-state index in [9.17, 15) is 4.79 Å². The van der Waals surface area contributed by atoms with E-state index >= 15 is 0 Å². The summed E-state index contributed by atoms with van der Waals surface area (Å²) in [6.07, 6.45) is 0.456. The zero-order valence-electron chi connectivity index (χ0n) is 16.0. The minimum Gasteiger partial charge on any atom is -0.458 e. The monoisotopic (exact) mass is 349 g/mol. The maximum atomic E-state index is 12.7. The molecule has 0 saturated heterocycles. The van der Waals surface area contributed by atoms with Gasteiger partial charge in [0.2, 0.25) is 0 Å². The third kappa shape index (κ3) is 5.99. The lowest BCUT2D eigenvalue weighted by Crippen LogP contribution is -2.32. The fourth-order valence-corrected chi connectivity index (χ4v) is 2.55. The van der Waals surface area contributed by atoms with Gasteiger partial charge in [0.25, 0.3) is 0 Å². The molecule has 3 nitrogen and oxygen atoms in total. The van der Waals surface area contributed by atoms with Gasteiger partial charge in [-0.3, -0.25) is 4.99 Å². The lowest BCUT2D eigenvalue weighted by Gasteiger charge is -2.23. The van der Waals surface area contributed by atoms with Gasteiger partial charge >= 0.3 is 5.97 Å². The number of carbonyl (C=O) groups is 1. The molecule has 0 amide bonds. The van der Waals surface area contributed by atoms with Crippen LogP contribution in [0.25, 0.3) is 0 Å². The van der Waals surface area contributed by atoms with E-state index in [4.69, 9.17) is 9.73 Å². The average molecular weight is 349 g/mol. The first-order chi connectivity index (χ1) is 12.3. The molecule has 2 rings (SSSR count). The van der Waals surface area contributed by atoms with Gasteiger partial charge in [-0.2, -0.15) is 0 Å². The van der Waals surface area contributed by atoms with Crippen LogP contribution in [0.15, 0.2) is 77.8 Å². The standard InChI is InChI=1S/C23H27NO2/c1-17(2)16-20(22(25)26-23(3,4)5)24-21(18-12-8-6-9-13-18)19-14-10-7-11-15-19/h6-15,20H,1,16H2,2-5H3. The van der Waals surface area contributed by atoms with Crippen molar-refractivity contribution >= 4 is 11.7 Å². The van der Waals surface area contributed by atoms with Gasteiger partial charge < -0.3 is 4.74 Å². The van der Waals surface area contributed by atoms with Gasteiger partial charge in [-0.25, -0.2) is 4.79 Å². The molecule has 0 aliphatic rings. The molecule has 0 N–H and O–H groups in total. The summed E-state index contributed by atoms with van der Waals surface area (Å²) in [5.41, 5.74) is 3.05. The maximum Gasteiger partial charge on any atom is 0.331 e. The minimum absolute atomic E-state index is 0.329. The van der Waals surface area contributed by atoms with Crippen molar-refractivity contribution < 1.29 is 9.53 Å². The Morgan fingerprint density at radius 2 is 1.46 bits per heavy atom. The van der Waals surface area contributed by atoms with Crippen LogP contribution in [0, 0.1) is 0 Å².